The predicted octanol–water partition coefficient (Wildman–Crippen LogP) is 3.51. The second-order valence-corrected chi connectivity index (χ2v) is 11.5. The summed E-state index contributed by atoms with van der Waals surface area (Å²) < 4.78 is 1.74. The van der Waals surface area contributed by atoms with Crippen molar-refractivity contribution in [3.63, 3.8) is 0 Å². The number of aliphatic hydroxyl groups is 2. The van der Waals surface area contributed by atoms with Gasteiger partial charge in [0.25, 0.3) is 0 Å². The highest BCUT2D eigenvalue weighted by atomic mass is 35.5. The Morgan fingerprint density at radius 3 is 2.63 bits per heavy atom. The number of fused-ring (bicyclic) bond motifs is 1. The van der Waals surface area contributed by atoms with E-state index in [0.29, 0.717) is 27.9 Å². The van der Waals surface area contributed by atoms with Gasteiger partial charge in [0.1, 0.15) is 6.10 Å². The fourth-order valence-corrected chi connectivity index (χ4v) is 6.25. The molecule has 2 aromatic heterocycles. The number of amides is 1. The molecule has 0 aliphatic heterocycles. The first-order valence-corrected chi connectivity index (χ1v) is 14.0. The largest absolute Gasteiger partial charge is 0.389 e. The molecule has 10 heteroatoms. The highest BCUT2D eigenvalue weighted by Crippen LogP contribution is 2.50. The van der Waals surface area contributed by atoms with Gasteiger partial charge in [-0.15, -0.1) is 0 Å². The second kappa shape index (κ2) is 10.5. The second-order valence-electron chi connectivity index (χ2n) is 11.1. The average molecular weight is 571 g/mol. The van der Waals surface area contributed by atoms with E-state index < -0.39 is 29.6 Å². The number of carbonyl (C=O) groups is 1. The topological polar surface area (TPSA) is 125 Å². The summed E-state index contributed by atoms with van der Waals surface area (Å²) in [6, 6.07) is 17.1. The molecule has 6 rings (SSSR count). The van der Waals surface area contributed by atoms with Crippen LogP contribution in [-0.4, -0.2) is 60.9 Å². The Bertz CT molecular complexity index is 1680. The molecule has 0 spiro atoms. The Balaban J connectivity index is 1.42. The number of carbonyl (C=O) groups excluding carboxylic acids is 1. The highest BCUT2D eigenvalue weighted by molar-refractivity contribution is 6.30. The minimum Gasteiger partial charge on any atom is -0.389 e. The maximum atomic E-state index is 12.8. The minimum atomic E-state index is -1.28. The van der Waals surface area contributed by atoms with Crippen LogP contribution in [0.3, 0.4) is 0 Å². The molecule has 0 radical (unpaired) electrons. The molecule has 4 N–H and O–H groups in total. The molecule has 210 valence electrons. The van der Waals surface area contributed by atoms with Gasteiger partial charge in [-0.2, -0.15) is 0 Å². The van der Waals surface area contributed by atoms with Crippen molar-refractivity contribution in [2.75, 3.05) is 12.4 Å². The molecule has 2 aliphatic rings. The molecular weight excluding hydrogens is 540 g/mol. The summed E-state index contributed by atoms with van der Waals surface area (Å²) in [6.45, 7) is 3.52. The number of anilines is 1. The van der Waals surface area contributed by atoms with Crippen molar-refractivity contribution in [1.82, 2.24) is 24.8 Å². The van der Waals surface area contributed by atoms with Gasteiger partial charge in [-0.3, -0.25) is 4.79 Å². The first-order valence-electron chi connectivity index (χ1n) is 13.6. The zero-order valence-electron chi connectivity index (χ0n) is 22.9. The molecule has 9 nitrogen and oxygen atoms in total. The third-order valence-corrected chi connectivity index (χ3v) is 8.92. The lowest BCUT2D eigenvalue weighted by molar-refractivity contribution is -0.139. The van der Waals surface area contributed by atoms with E-state index in [1.165, 1.54) is 12.6 Å². The SMILES string of the molecule is CNC(=O)C1(C)[C@H](C)[C@@H](n2cnc3c(N[C@@H]4CC4c4ccccc4)nc(C#Cc4cccc(Cl)c4)nc32)[C@H](O)[C@@H]1O. The van der Waals surface area contributed by atoms with Gasteiger partial charge < -0.3 is 25.4 Å². The first kappa shape index (κ1) is 27.2. The Morgan fingerprint density at radius 1 is 1.12 bits per heavy atom. The third kappa shape index (κ3) is 4.72. The van der Waals surface area contributed by atoms with Crippen LogP contribution in [0, 0.1) is 23.2 Å². The number of nitrogens with one attached hydrogen (secondary N) is 2. The van der Waals surface area contributed by atoms with Gasteiger partial charge in [0.15, 0.2) is 17.0 Å². The monoisotopic (exact) mass is 570 g/mol. The lowest BCUT2D eigenvalue weighted by Crippen LogP contribution is -2.47. The number of aliphatic hydroxyl groups excluding tert-OH is 2. The molecule has 2 aromatic carbocycles. The smallest absolute Gasteiger partial charge is 0.228 e. The quantitative estimate of drug-likeness (QED) is 0.271. The summed E-state index contributed by atoms with van der Waals surface area (Å²) in [5.74, 6) is 6.52. The minimum absolute atomic E-state index is 0.170. The summed E-state index contributed by atoms with van der Waals surface area (Å²) in [7, 11) is 1.52. The summed E-state index contributed by atoms with van der Waals surface area (Å²) in [5, 5.41) is 29.0. The Morgan fingerprint density at radius 2 is 1.90 bits per heavy atom. The van der Waals surface area contributed by atoms with Crippen molar-refractivity contribution < 1.29 is 15.0 Å². The van der Waals surface area contributed by atoms with E-state index in [-0.39, 0.29) is 17.8 Å². The number of aromatic nitrogens is 4. The number of halogens is 1. The molecule has 2 saturated carbocycles. The van der Waals surface area contributed by atoms with Crippen LogP contribution in [0.1, 0.15) is 49.2 Å². The number of benzene rings is 2. The number of nitrogens with zero attached hydrogens (tertiary/aromatic N) is 4. The summed E-state index contributed by atoms with van der Waals surface area (Å²) in [4.78, 5) is 26.9. The van der Waals surface area contributed by atoms with E-state index in [0.717, 1.165) is 12.0 Å². The summed E-state index contributed by atoms with van der Waals surface area (Å²) in [6.07, 6.45) is 0.0457. The average Bonchev–Trinajstić information content (AvgIpc) is 3.59. The Kier molecular flexibility index (Phi) is 6.94. The molecular formula is C31H31ClN6O3. The van der Waals surface area contributed by atoms with Gasteiger partial charge >= 0.3 is 0 Å². The van der Waals surface area contributed by atoms with Crippen molar-refractivity contribution in [3.05, 3.63) is 82.9 Å². The zero-order valence-corrected chi connectivity index (χ0v) is 23.7. The van der Waals surface area contributed by atoms with Gasteiger partial charge in [-0.05, 0) is 48.9 Å². The number of hydrogen-bond acceptors (Lipinski definition) is 7. The van der Waals surface area contributed by atoms with E-state index in [4.69, 9.17) is 21.6 Å². The van der Waals surface area contributed by atoms with Crippen LogP contribution >= 0.6 is 11.6 Å². The molecule has 2 unspecified atom stereocenters. The van der Waals surface area contributed by atoms with Gasteiger partial charge in [-0.25, -0.2) is 15.0 Å². The molecule has 2 fully saturated rings. The van der Waals surface area contributed by atoms with Crippen LogP contribution in [0.5, 0.6) is 0 Å². The molecule has 2 aliphatic carbocycles. The van der Waals surface area contributed by atoms with Crippen LogP contribution in [0.25, 0.3) is 11.2 Å². The van der Waals surface area contributed by atoms with Crippen molar-refractivity contribution in [1.29, 1.82) is 0 Å². The first-order chi connectivity index (χ1) is 19.7. The van der Waals surface area contributed by atoms with Crippen LogP contribution in [0.2, 0.25) is 5.02 Å². The van der Waals surface area contributed by atoms with Gasteiger partial charge in [0.05, 0.1) is 23.9 Å². The predicted molar refractivity (Wildman–Crippen MR) is 156 cm³/mol. The molecule has 7 atom stereocenters. The van der Waals surface area contributed by atoms with E-state index in [2.05, 4.69) is 39.6 Å². The summed E-state index contributed by atoms with van der Waals surface area (Å²) >= 11 is 6.14. The van der Waals surface area contributed by atoms with Crippen molar-refractivity contribution in [2.45, 2.75) is 50.5 Å². The number of hydrogen-bond donors (Lipinski definition) is 4. The van der Waals surface area contributed by atoms with Gasteiger partial charge in [-0.1, -0.05) is 60.8 Å². The number of rotatable bonds is 5. The molecule has 41 heavy (non-hydrogen) atoms. The van der Waals surface area contributed by atoms with E-state index >= 15 is 0 Å². The lowest BCUT2D eigenvalue weighted by Gasteiger charge is -2.31. The zero-order chi connectivity index (χ0) is 28.9. The highest BCUT2D eigenvalue weighted by Gasteiger charge is 2.60. The van der Waals surface area contributed by atoms with E-state index in [1.807, 2.05) is 37.3 Å². The maximum Gasteiger partial charge on any atom is 0.228 e. The molecule has 1 amide bonds. The van der Waals surface area contributed by atoms with Crippen LogP contribution in [0.4, 0.5) is 5.82 Å². The molecule has 0 saturated heterocycles. The molecule has 0 bridgehead atoms. The van der Waals surface area contributed by atoms with Crippen LogP contribution < -0.4 is 10.6 Å². The van der Waals surface area contributed by atoms with E-state index in [9.17, 15) is 15.0 Å². The van der Waals surface area contributed by atoms with Crippen LogP contribution in [-0.2, 0) is 4.79 Å². The number of imidazole rings is 1. The fraction of sp³-hybridized carbons (Fsp3) is 0.355. The lowest BCUT2D eigenvalue weighted by atomic mass is 9.77. The Hall–Kier alpha value is -3.97. The van der Waals surface area contributed by atoms with Crippen molar-refractivity contribution in [3.8, 4) is 11.8 Å². The summed E-state index contributed by atoms with van der Waals surface area (Å²) in [5.41, 5.74) is 1.75. The molecule has 4 aromatic rings. The normalized spacial score (nSPS) is 28.6. The van der Waals surface area contributed by atoms with E-state index in [1.54, 1.807) is 30.0 Å². The maximum absolute atomic E-state index is 12.8. The van der Waals surface area contributed by atoms with Crippen molar-refractivity contribution in [2.24, 2.45) is 11.3 Å². The van der Waals surface area contributed by atoms with Crippen molar-refractivity contribution >= 4 is 34.5 Å². The third-order valence-electron chi connectivity index (χ3n) is 8.69. The van der Waals surface area contributed by atoms with Gasteiger partial charge in [0.2, 0.25) is 11.7 Å². The standard InChI is InChI=1S/C31H31ClN6O3/c1-17-25(26(39)27(40)31(17,2)30(41)33-3)38-16-34-24-28(35-22-15-21(22)19-9-5-4-6-10-19)36-23(37-29(24)38)13-12-18-8-7-11-20(32)14-18/h4-11,14,16-17,21-22,25-27,39-40H,15H2,1-3H3,(H,33,41)(H,35,36,37)/t17-,21?,22-,25-,26+,27+,31?/m1/s1. The van der Waals surface area contributed by atoms with Crippen LogP contribution in [0.15, 0.2) is 60.9 Å². The Labute approximate surface area is 243 Å². The van der Waals surface area contributed by atoms with Gasteiger partial charge in [0, 0.05) is 29.6 Å². The fourth-order valence-electron chi connectivity index (χ4n) is 6.06. The molecule has 2 heterocycles.